The van der Waals surface area contributed by atoms with Gasteiger partial charge in [0.2, 0.25) is 0 Å². The Hall–Kier alpha value is -0.160. The lowest BCUT2D eigenvalue weighted by Gasteiger charge is -2.34. The van der Waals surface area contributed by atoms with E-state index in [0.717, 1.165) is 19.2 Å². The monoisotopic (exact) mass is 272 g/mol. The van der Waals surface area contributed by atoms with E-state index in [1.165, 1.54) is 64.7 Å². The summed E-state index contributed by atoms with van der Waals surface area (Å²) in [6.07, 6.45) is 8.76. The van der Waals surface area contributed by atoms with Gasteiger partial charge in [-0.15, -0.1) is 0 Å². The van der Waals surface area contributed by atoms with Crippen molar-refractivity contribution in [1.29, 1.82) is 0 Å². The van der Waals surface area contributed by atoms with Gasteiger partial charge in [-0.3, -0.25) is 0 Å². The molecule has 0 aromatic heterocycles. The van der Waals surface area contributed by atoms with Crippen molar-refractivity contribution in [2.45, 2.75) is 44.6 Å². The van der Waals surface area contributed by atoms with Crippen molar-refractivity contribution in [2.75, 3.05) is 52.5 Å². The highest BCUT2D eigenvalue weighted by molar-refractivity contribution is 4.63. The Balaban J connectivity index is 1.61. The van der Waals surface area contributed by atoms with Crippen LogP contribution in [0.5, 0.6) is 0 Å². The number of piperazine rings is 1. The van der Waals surface area contributed by atoms with Gasteiger partial charge >= 0.3 is 0 Å². The van der Waals surface area contributed by atoms with Crippen molar-refractivity contribution in [3.8, 4) is 0 Å². The van der Waals surface area contributed by atoms with Crippen LogP contribution < -0.4 is 9.80 Å². The van der Waals surface area contributed by atoms with Crippen LogP contribution in [0.4, 0.5) is 0 Å². The zero-order valence-electron chi connectivity index (χ0n) is 12.3. The van der Waals surface area contributed by atoms with Crippen LogP contribution in [0.1, 0.15) is 38.5 Å². The summed E-state index contributed by atoms with van der Waals surface area (Å²) in [7, 11) is 0. The van der Waals surface area contributed by atoms with E-state index in [4.69, 9.17) is 9.84 Å². The van der Waals surface area contributed by atoms with E-state index in [2.05, 4.69) is 0 Å². The molecule has 0 unspecified atom stereocenters. The summed E-state index contributed by atoms with van der Waals surface area (Å²) in [5.41, 5.74) is 0. The summed E-state index contributed by atoms with van der Waals surface area (Å²) in [5, 5.41) is 8.67. The number of ether oxygens (including phenoxy) is 1. The Morgan fingerprint density at radius 3 is 2.21 bits per heavy atom. The van der Waals surface area contributed by atoms with Crippen LogP contribution in [0.2, 0.25) is 0 Å². The average Bonchev–Trinajstić information content (AvgIpc) is 2.73. The summed E-state index contributed by atoms with van der Waals surface area (Å²) in [4.78, 5) is 3.57. The molecule has 112 valence electrons. The first-order chi connectivity index (χ1) is 9.40. The minimum Gasteiger partial charge on any atom is -0.394 e. The number of hydrogen-bond acceptors (Lipinski definition) is 2. The van der Waals surface area contributed by atoms with Gasteiger partial charge in [0.25, 0.3) is 0 Å². The minimum atomic E-state index is 0.148. The lowest BCUT2D eigenvalue weighted by molar-refractivity contribution is -1.02. The van der Waals surface area contributed by atoms with Crippen LogP contribution in [0, 0.1) is 0 Å². The largest absolute Gasteiger partial charge is 0.394 e. The number of aliphatic hydroxyl groups excluding tert-OH is 1. The maximum Gasteiger partial charge on any atom is 0.127 e. The van der Waals surface area contributed by atoms with Crippen LogP contribution in [0.15, 0.2) is 0 Å². The van der Waals surface area contributed by atoms with Crippen molar-refractivity contribution in [3.63, 3.8) is 0 Å². The summed E-state index contributed by atoms with van der Waals surface area (Å²) in [6, 6.07) is 0.953. The predicted octanol–water partition coefficient (Wildman–Crippen LogP) is -1.50. The zero-order chi connectivity index (χ0) is 13.3. The third-order valence-corrected chi connectivity index (χ3v) is 4.87. The fourth-order valence-electron chi connectivity index (χ4n) is 3.65. The molecule has 2 aliphatic rings. The SMILES string of the molecule is OCCOCC[NH+]1CC[NH+](C2CCCCCC2)CC1. The summed E-state index contributed by atoms with van der Waals surface area (Å²) in [5.74, 6) is 0. The molecule has 0 aromatic rings. The van der Waals surface area contributed by atoms with Crippen molar-refractivity contribution in [3.05, 3.63) is 0 Å². The maximum absolute atomic E-state index is 8.67. The second-order valence-electron chi connectivity index (χ2n) is 6.18. The smallest absolute Gasteiger partial charge is 0.127 e. The van der Waals surface area contributed by atoms with Gasteiger partial charge < -0.3 is 19.6 Å². The van der Waals surface area contributed by atoms with Crippen LogP contribution >= 0.6 is 0 Å². The molecule has 0 bridgehead atoms. The number of hydrogen-bond donors (Lipinski definition) is 3. The topological polar surface area (TPSA) is 38.3 Å². The van der Waals surface area contributed by atoms with E-state index >= 15 is 0 Å². The molecular weight excluding hydrogens is 240 g/mol. The van der Waals surface area contributed by atoms with Gasteiger partial charge in [-0.2, -0.15) is 0 Å². The molecule has 19 heavy (non-hydrogen) atoms. The van der Waals surface area contributed by atoms with Gasteiger partial charge in [-0.25, -0.2) is 0 Å². The highest BCUT2D eigenvalue weighted by Crippen LogP contribution is 2.15. The van der Waals surface area contributed by atoms with Crippen LogP contribution in [0.25, 0.3) is 0 Å². The van der Waals surface area contributed by atoms with Crippen LogP contribution in [-0.2, 0) is 4.74 Å². The number of quaternary nitrogens is 2. The first-order valence-electron chi connectivity index (χ1n) is 8.27. The predicted molar refractivity (Wildman–Crippen MR) is 75.7 cm³/mol. The highest BCUT2D eigenvalue weighted by Gasteiger charge is 2.29. The van der Waals surface area contributed by atoms with Gasteiger partial charge in [-0.1, -0.05) is 12.8 Å². The van der Waals surface area contributed by atoms with E-state index < -0.39 is 0 Å². The Labute approximate surface area is 117 Å². The molecule has 1 saturated carbocycles. The zero-order valence-corrected chi connectivity index (χ0v) is 12.3. The van der Waals surface area contributed by atoms with E-state index in [-0.39, 0.29) is 6.61 Å². The van der Waals surface area contributed by atoms with Gasteiger partial charge in [0.05, 0.1) is 25.9 Å². The lowest BCUT2D eigenvalue weighted by Crippen LogP contribution is -3.29. The van der Waals surface area contributed by atoms with E-state index in [1.54, 1.807) is 4.90 Å². The highest BCUT2D eigenvalue weighted by atomic mass is 16.5. The number of rotatable bonds is 6. The molecular formula is C15H32N2O2+2. The summed E-state index contributed by atoms with van der Waals surface area (Å²) in [6.45, 7) is 7.84. The van der Waals surface area contributed by atoms with E-state index in [1.807, 2.05) is 4.90 Å². The van der Waals surface area contributed by atoms with Crippen LogP contribution in [-0.4, -0.2) is 63.7 Å². The summed E-state index contributed by atoms with van der Waals surface area (Å²) >= 11 is 0. The second-order valence-corrected chi connectivity index (χ2v) is 6.18. The molecule has 0 amide bonds. The molecule has 2 rings (SSSR count). The fourth-order valence-corrected chi connectivity index (χ4v) is 3.65. The first kappa shape index (κ1) is 15.2. The van der Waals surface area contributed by atoms with E-state index in [9.17, 15) is 0 Å². The molecule has 1 heterocycles. The van der Waals surface area contributed by atoms with Crippen LogP contribution in [0.3, 0.4) is 0 Å². The van der Waals surface area contributed by atoms with Crippen molar-refractivity contribution < 1.29 is 19.6 Å². The lowest BCUT2D eigenvalue weighted by atomic mass is 10.1. The standard InChI is InChI=1S/C15H30N2O2/c18-12-14-19-13-11-16-7-9-17(10-8-16)15-5-3-1-2-4-6-15/h15,18H,1-14H2/p+2. The second kappa shape index (κ2) is 8.90. The Morgan fingerprint density at radius 2 is 1.58 bits per heavy atom. The molecule has 0 atom stereocenters. The fraction of sp³-hybridized carbons (Fsp3) is 1.00. The molecule has 2 fully saturated rings. The Bertz CT molecular complexity index is 222. The molecule has 0 aromatic carbocycles. The third kappa shape index (κ3) is 5.38. The van der Waals surface area contributed by atoms with Gasteiger partial charge in [0, 0.05) is 0 Å². The molecule has 0 spiro atoms. The first-order valence-corrected chi connectivity index (χ1v) is 8.27. The molecule has 0 radical (unpaired) electrons. The molecule has 1 aliphatic carbocycles. The van der Waals surface area contributed by atoms with E-state index in [0.29, 0.717) is 6.61 Å². The molecule has 1 aliphatic heterocycles. The number of aliphatic hydroxyl groups is 1. The minimum absolute atomic E-state index is 0.148. The van der Waals surface area contributed by atoms with Gasteiger partial charge in [0.1, 0.15) is 32.7 Å². The Morgan fingerprint density at radius 1 is 0.895 bits per heavy atom. The van der Waals surface area contributed by atoms with Gasteiger partial charge in [-0.05, 0) is 25.7 Å². The summed E-state index contributed by atoms with van der Waals surface area (Å²) < 4.78 is 5.37. The quantitative estimate of drug-likeness (QED) is 0.407. The average molecular weight is 272 g/mol. The molecule has 4 nitrogen and oxygen atoms in total. The molecule has 3 N–H and O–H groups in total. The van der Waals surface area contributed by atoms with Crippen molar-refractivity contribution >= 4 is 0 Å². The molecule has 1 saturated heterocycles. The molecule has 4 heteroatoms. The third-order valence-electron chi connectivity index (χ3n) is 4.87. The van der Waals surface area contributed by atoms with Crippen molar-refractivity contribution in [2.24, 2.45) is 0 Å². The number of nitrogens with one attached hydrogen (secondary N) is 2. The normalized spacial score (nSPS) is 30.2. The van der Waals surface area contributed by atoms with Crippen molar-refractivity contribution in [1.82, 2.24) is 0 Å². The van der Waals surface area contributed by atoms with Gasteiger partial charge in [0.15, 0.2) is 0 Å². The maximum atomic E-state index is 8.67. The Kier molecular flexibility index (Phi) is 7.14.